The third-order valence-corrected chi connectivity index (χ3v) is 6.96. The van der Waals surface area contributed by atoms with Crippen LogP contribution < -0.4 is 10.1 Å². The third kappa shape index (κ3) is 7.02. The largest absolute Gasteiger partial charge is 0.497 e. The Hall–Kier alpha value is -2.47. The van der Waals surface area contributed by atoms with Gasteiger partial charge < -0.3 is 15.0 Å². The minimum absolute atomic E-state index is 0.0287. The van der Waals surface area contributed by atoms with E-state index in [4.69, 9.17) is 4.74 Å². The van der Waals surface area contributed by atoms with E-state index in [1.54, 1.807) is 23.8 Å². The van der Waals surface area contributed by atoms with Crippen LogP contribution in [0.5, 0.6) is 5.75 Å². The summed E-state index contributed by atoms with van der Waals surface area (Å²) >= 11 is 1.58. The van der Waals surface area contributed by atoms with Gasteiger partial charge in [0.05, 0.1) is 12.9 Å². The maximum absolute atomic E-state index is 13.2. The first kappa shape index (κ1) is 24.2. The van der Waals surface area contributed by atoms with Crippen molar-refractivity contribution in [1.82, 2.24) is 10.2 Å². The van der Waals surface area contributed by atoms with E-state index in [0.717, 1.165) is 42.7 Å². The third-order valence-electron chi connectivity index (χ3n) is 5.97. The van der Waals surface area contributed by atoms with Crippen LogP contribution in [-0.4, -0.2) is 41.7 Å². The Morgan fingerprint density at radius 3 is 2.53 bits per heavy atom. The Labute approximate surface area is 195 Å². The van der Waals surface area contributed by atoms with Crippen molar-refractivity contribution in [3.8, 4) is 5.75 Å². The lowest BCUT2D eigenvalue weighted by Crippen LogP contribution is -2.50. The van der Waals surface area contributed by atoms with Gasteiger partial charge in [-0.3, -0.25) is 9.59 Å². The van der Waals surface area contributed by atoms with E-state index in [9.17, 15) is 9.59 Å². The Bertz CT molecular complexity index is 894. The van der Waals surface area contributed by atoms with Crippen LogP contribution in [0.1, 0.15) is 49.3 Å². The Morgan fingerprint density at radius 1 is 1.12 bits per heavy atom. The second kappa shape index (κ2) is 12.0. The van der Waals surface area contributed by atoms with E-state index in [1.807, 2.05) is 31.2 Å². The summed E-state index contributed by atoms with van der Waals surface area (Å²) in [7, 11) is 1.63. The molecule has 0 aliphatic heterocycles. The lowest BCUT2D eigenvalue weighted by atomic mass is 10.1. The molecule has 1 saturated carbocycles. The molecule has 1 fully saturated rings. The molecule has 0 aromatic heterocycles. The smallest absolute Gasteiger partial charge is 0.242 e. The summed E-state index contributed by atoms with van der Waals surface area (Å²) in [6.45, 7) is 4.27. The molecule has 3 rings (SSSR count). The molecule has 0 spiro atoms. The highest BCUT2D eigenvalue weighted by atomic mass is 32.2. The summed E-state index contributed by atoms with van der Waals surface area (Å²) in [4.78, 5) is 27.9. The SMILES string of the molecule is COc1cccc(CN(C(=O)CSCc2ccc(C)cc2)[C@H](C)C(=O)NC2CCCC2)c1. The number of methoxy groups -OCH3 is 1. The van der Waals surface area contributed by atoms with Gasteiger partial charge in [-0.15, -0.1) is 11.8 Å². The van der Waals surface area contributed by atoms with Crippen molar-refractivity contribution in [3.63, 3.8) is 0 Å². The van der Waals surface area contributed by atoms with Gasteiger partial charge in [-0.1, -0.05) is 54.8 Å². The molecule has 0 bridgehead atoms. The fourth-order valence-electron chi connectivity index (χ4n) is 3.97. The number of amides is 2. The summed E-state index contributed by atoms with van der Waals surface area (Å²) in [5.41, 5.74) is 3.36. The number of hydrogen-bond acceptors (Lipinski definition) is 4. The predicted molar refractivity (Wildman–Crippen MR) is 131 cm³/mol. The molecule has 1 N–H and O–H groups in total. The van der Waals surface area contributed by atoms with Gasteiger partial charge in [0.25, 0.3) is 0 Å². The van der Waals surface area contributed by atoms with Crippen molar-refractivity contribution >= 4 is 23.6 Å². The van der Waals surface area contributed by atoms with Gasteiger partial charge in [0.15, 0.2) is 0 Å². The van der Waals surface area contributed by atoms with E-state index in [1.165, 1.54) is 11.1 Å². The normalized spacial score (nSPS) is 14.7. The number of benzene rings is 2. The molecule has 0 radical (unpaired) electrons. The van der Waals surface area contributed by atoms with Crippen LogP contribution in [0.4, 0.5) is 0 Å². The van der Waals surface area contributed by atoms with Gasteiger partial charge >= 0.3 is 0 Å². The number of thioether (sulfide) groups is 1. The van der Waals surface area contributed by atoms with Crippen LogP contribution in [-0.2, 0) is 21.9 Å². The Balaban J connectivity index is 1.66. The van der Waals surface area contributed by atoms with Crippen molar-refractivity contribution in [1.29, 1.82) is 0 Å². The predicted octanol–water partition coefficient (Wildman–Crippen LogP) is 4.71. The van der Waals surface area contributed by atoms with E-state index < -0.39 is 6.04 Å². The lowest BCUT2D eigenvalue weighted by molar-refractivity contribution is -0.138. The lowest BCUT2D eigenvalue weighted by Gasteiger charge is -2.30. The molecule has 6 heteroatoms. The molecule has 2 amide bonds. The zero-order valence-corrected chi connectivity index (χ0v) is 20.1. The number of hydrogen-bond donors (Lipinski definition) is 1. The minimum atomic E-state index is -0.533. The molecule has 2 aromatic carbocycles. The highest BCUT2D eigenvalue weighted by molar-refractivity contribution is 7.99. The van der Waals surface area contributed by atoms with Crippen LogP contribution in [0, 0.1) is 6.92 Å². The first-order chi connectivity index (χ1) is 15.5. The first-order valence-corrected chi connectivity index (χ1v) is 12.5. The molecule has 32 heavy (non-hydrogen) atoms. The topological polar surface area (TPSA) is 58.6 Å². The van der Waals surface area contributed by atoms with Crippen molar-refractivity contribution in [2.45, 2.75) is 63.9 Å². The van der Waals surface area contributed by atoms with Crippen molar-refractivity contribution in [3.05, 3.63) is 65.2 Å². The highest BCUT2D eigenvalue weighted by Crippen LogP contribution is 2.21. The summed E-state index contributed by atoms with van der Waals surface area (Å²) in [6, 6.07) is 15.7. The van der Waals surface area contributed by atoms with Crippen LogP contribution >= 0.6 is 11.8 Å². The number of rotatable bonds is 10. The standard InChI is InChI=1S/C26H34N2O3S/c1-19-11-13-21(14-12-19)17-32-18-25(29)28(16-22-7-6-10-24(15-22)31-3)20(2)26(30)27-23-8-4-5-9-23/h6-7,10-15,20,23H,4-5,8-9,16-18H2,1-3H3,(H,27,30)/t20-/m1/s1. The number of nitrogens with one attached hydrogen (secondary N) is 1. The summed E-state index contributed by atoms with van der Waals surface area (Å²) in [6.07, 6.45) is 4.35. The van der Waals surface area contributed by atoms with Crippen LogP contribution in [0.25, 0.3) is 0 Å². The quantitative estimate of drug-likeness (QED) is 0.565. The molecular formula is C26H34N2O3S. The maximum Gasteiger partial charge on any atom is 0.242 e. The van der Waals surface area contributed by atoms with Gasteiger partial charge in [0.2, 0.25) is 11.8 Å². The first-order valence-electron chi connectivity index (χ1n) is 11.3. The van der Waals surface area contributed by atoms with Gasteiger partial charge in [-0.2, -0.15) is 0 Å². The zero-order chi connectivity index (χ0) is 22.9. The fourth-order valence-corrected chi connectivity index (χ4v) is 4.84. The van der Waals surface area contributed by atoms with E-state index in [2.05, 4.69) is 36.5 Å². The van der Waals surface area contributed by atoms with Gasteiger partial charge in [-0.05, 0) is 49.9 Å². The summed E-state index contributed by atoms with van der Waals surface area (Å²) < 4.78 is 5.33. The number of aryl methyl sites for hydroxylation is 1. The molecule has 0 unspecified atom stereocenters. The van der Waals surface area contributed by atoms with E-state index in [0.29, 0.717) is 12.3 Å². The molecular weight excluding hydrogens is 420 g/mol. The van der Waals surface area contributed by atoms with Crippen LogP contribution in [0.15, 0.2) is 48.5 Å². The Kier molecular flexibility index (Phi) is 9.03. The molecule has 0 heterocycles. The summed E-state index contributed by atoms with van der Waals surface area (Å²) in [5.74, 6) is 1.74. The maximum atomic E-state index is 13.2. The number of carbonyl (C=O) groups excluding carboxylic acids is 2. The van der Waals surface area contributed by atoms with Crippen molar-refractivity contribution in [2.75, 3.05) is 12.9 Å². The number of carbonyl (C=O) groups is 2. The Morgan fingerprint density at radius 2 is 1.84 bits per heavy atom. The number of nitrogens with zero attached hydrogens (tertiary/aromatic N) is 1. The average Bonchev–Trinajstić information content (AvgIpc) is 3.31. The van der Waals surface area contributed by atoms with Crippen molar-refractivity contribution in [2.24, 2.45) is 0 Å². The van der Waals surface area contributed by atoms with Gasteiger partial charge in [-0.25, -0.2) is 0 Å². The monoisotopic (exact) mass is 454 g/mol. The van der Waals surface area contributed by atoms with Crippen LogP contribution in [0.3, 0.4) is 0 Å². The molecule has 1 aliphatic rings. The fraction of sp³-hybridized carbons (Fsp3) is 0.462. The van der Waals surface area contributed by atoms with E-state index >= 15 is 0 Å². The van der Waals surface area contributed by atoms with E-state index in [-0.39, 0.29) is 17.9 Å². The molecule has 2 aromatic rings. The molecule has 0 saturated heterocycles. The zero-order valence-electron chi connectivity index (χ0n) is 19.3. The van der Waals surface area contributed by atoms with Crippen molar-refractivity contribution < 1.29 is 14.3 Å². The minimum Gasteiger partial charge on any atom is -0.497 e. The molecule has 1 aliphatic carbocycles. The molecule has 172 valence electrons. The highest BCUT2D eigenvalue weighted by Gasteiger charge is 2.28. The molecule has 1 atom stereocenters. The van der Waals surface area contributed by atoms with Crippen LogP contribution in [0.2, 0.25) is 0 Å². The number of ether oxygens (including phenoxy) is 1. The average molecular weight is 455 g/mol. The summed E-state index contributed by atoms with van der Waals surface area (Å²) in [5, 5.41) is 3.15. The second-order valence-electron chi connectivity index (χ2n) is 8.52. The van der Waals surface area contributed by atoms with Gasteiger partial charge in [0, 0.05) is 18.3 Å². The molecule has 5 nitrogen and oxygen atoms in total. The second-order valence-corrected chi connectivity index (χ2v) is 9.50. The van der Waals surface area contributed by atoms with Gasteiger partial charge in [0.1, 0.15) is 11.8 Å².